The number of hydrogen-bond donors (Lipinski definition) is 0. The molecular formula is C27H21N3. The van der Waals surface area contributed by atoms with Crippen LogP contribution in [-0.2, 0) is 0 Å². The Balaban J connectivity index is 1.72. The maximum Gasteiger partial charge on any atom is 0.0973 e. The average molecular weight is 387 g/mol. The van der Waals surface area contributed by atoms with Gasteiger partial charge in [0.05, 0.1) is 22.4 Å². The Morgan fingerprint density at radius 2 is 0.933 bits per heavy atom. The highest BCUT2D eigenvalue weighted by molar-refractivity contribution is 5.89. The van der Waals surface area contributed by atoms with Crippen molar-refractivity contribution in [1.82, 2.24) is 15.0 Å². The second-order valence-corrected chi connectivity index (χ2v) is 7.50. The van der Waals surface area contributed by atoms with Crippen LogP contribution in [0.15, 0.2) is 91.3 Å². The summed E-state index contributed by atoms with van der Waals surface area (Å²) in [5, 5.41) is 0. The zero-order chi connectivity index (χ0) is 20.5. The molecule has 0 aliphatic carbocycles. The number of benzene rings is 3. The Bertz CT molecular complexity index is 1330. The molecule has 0 radical (unpaired) electrons. The fraction of sp³-hybridized carbons (Fsp3) is 0.0741. The van der Waals surface area contributed by atoms with Crippen LogP contribution in [0.4, 0.5) is 0 Å². The van der Waals surface area contributed by atoms with Gasteiger partial charge in [0.15, 0.2) is 0 Å². The first-order chi connectivity index (χ1) is 14.7. The van der Waals surface area contributed by atoms with Crippen LogP contribution in [0.3, 0.4) is 0 Å². The highest BCUT2D eigenvalue weighted by Crippen LogP contribution is 2.33. The predicted octanol–water partition coefficient (Wildman–Crippen LogP) is 6.64. The summed E-state index contributed by atoms with van der Waals surface area (Å²) >= 11 is 0. The number of aryl methyl sites for hydroxylation is 2. The fourth-order valence-corrected chi connectivity index (χ4v) is 3.76. The summed E-state index contributed by atoms with van der Waals surface area (Å²) in [6, 6.07) is 27.1. The Morgan fingerprint density at radius 1 is 0.467 bits per heavy atom. The molecule has 0 aliphatic rings. The summed E-state index contributed by atoms with van der Waals surface area (Å²) in [5.41, 5.74) is 10.4. The van der Waals surface area contributed by atoms with E-state index in [4.69, 9.17) is 9.97 Å². The second-order valence-electron chi connectivity index (χ2n) is 7.50. The van der Waals surface area contributed by atoms with Crippen molar-refractivity contribution in [2.45, 2.75) is 13.8 Å². The van der Waals surface area contributed by atoms with E-state index in [9.17, 15) is 0 Å². The molecule has 30 heavy (non-hydrogen) atoms. The lowest BCUT2D eigenvalue weighted by molar-refractivity contribution is 1.25. The van der Waals surface area contributed by atoms with E-state index in [-0.39, 0.29) is 0 Å². The number of hydrogen-bond acceptors (Lipinski definition) is 3. The summed E-state index contributed by atoms with van der Waals surface area (Å²) in [6.07, 6.45) is 3.63. The van der Waals surface area contributed by atoms with Crippen molar-refractivity contribution < 1.29 is 0 Å². The standard InChI is InChI=1S/C27H21N3/c1-18-8-9-19(2)25-24(18)29-26(22-6-4-3-5-7-22)27(30-25)23-12-10-20(11-13-23)21-14-16-28-17-15-21/h3-17H,1-2H3. The summed E-state index contributed by atoms with van der Waals surface area (Å²) in [4.78, 5) is 14.3. The van der Waals surface area contributed by atoms with Crippen molar-refractivity contribution in [3.63, 3.8) is 0 Å². The summed E-state index contributed by atoms with van der Waals surface area (Å²) < 4.78 is 0. The Labute approximate surface area is 176 Å². The van der Waals surface area contributed by atoms with Crippen LogP contribution in [0.1, 0.15) is 11.1 Å². The van der Waals surface area contributed by atoms with Crippen molar-refractivity contribution in [2.24, 2.45) is 0 Å². The van der Waals surface area contributed by atoms with Gasteiger partial charge in [0, 0.05) is 23.5 Å². The van der Waals surface area contributed by atoms with E-state index in [0.29, 0.717) is 0 Å². The van der Waals surface area contributed by atoms with Crippen molar-refractivity contribution in [2.75, 3.05) is 0 Å². The molecule has 0 saturated carbocycles. The molecular weight excluding hydrogens is 366 g/mol. The van der Waals surface area contributed by atoms with Gasteiger partial charge in [0.2, 0.25) is 0 Å². The lowest BCUT2D eigenvalue weighted by Gasteiger charge is -2.13. The molecule has 0 spiro atoms. The van der Waals surface area contributed by atoms with Gasteiger partial charge in [-0.2, -0.15) is 0 Å². The third kappa shape index (κ3) is 3.25. The minimum atomic E-state index is 0.906. The molecule has 144 valence electrons. The number of pyridine rings is 1. The van der Waals surface area contributed by atoms with Crippen LogP contribution in [0.2, 0.25) is 0 Å². The van der Waals surface area contributed by atoms with Crippen LogP contribution in [0.5, 0.6) is 0 Å². The smallest absolute Gasteiger partial charge is 0.0973 e. The van der Waals surface area contributed by atoms with E-state index >= 15 is 0 Å². The Morgan fingerprint density at radius 3 is 1.50 bits per heavy atom. The van der Waals surface area contributed by atoms with Crippen LogP contribution >= 0.6 is 0 Å². The number of aromatic nitrogens is 3. The fourth-order valence-electron chi connectivity index (χ4n) is 3.76. The van der Waals surface area contributed by atoms with Crippen LogP contribution < -0.4 is 0 Å². The molecule has 3 aromatic carbocycles. The van der Waals surface area contributed by atoms with E-state index in [0.717, 1.165) is 55.8 Å². The quantitative estimate of drug-likeness (QED) is 0.348. The third-order valence-electron chi connectivity index (χ3n) is 5.45. The van der Waals surface area contributed by atoms with E-state index in [1.165, 1.54) is 0 Å². The van der Waals surface area contributed by atoms with Gasteiger partial charge in [-0.3, -0.25) is 4.98 Å². The van der Waals surface area contributed by atoms with Crippen molar-refractivity contribution in [3.8, 4) is 33.6 Å². The normalized spacial score (nSPS) is 11.0. The molecule has 2 heterocycles. The highest BCUT2D eigenvalue weighted by atomic mass is 14.8. The lowest BCUT2D eigenvalue weighted by atomic mass is 9.99. The molecule has 0 fully saturated rings. The van der Waals surface area contributed by atoms with Gasteiger partial charge in [-0.05, 0) is 48.2 Å². The van der Waals surface area contributed by atoms with Gasteiger partial charge in [-0.25, -0.2) is 9.97 Å². The molecule has 0 saturated heterocycles. The topological polar surface area (TPSA) is 38.7 Å². The average Bonchev–Trinajstić information content (AvgIpc) is 2.82. The second kappa shape index (κ2) is 7.53. The molecule has 3 nitrogen and oxygen atoms in total. The van der Waals surface area contributed by atoms with Crippen LogP contribution in [0.25, 0.3) is 44.7 Å². The Kier molecular flexibility index (Phi) is 4.56. The first-order valence-electron chi connectivity index (χ1n) is 10.0. The van der Waals surface area contributed by atoms with Gasteiger partial charge in [-0.15, -0.1) is 0 Å². The largest absolute Gasteiger partial charge is 0.265 e. The maximum atomic E-state index is 5.11. The molecule has 0 N–H and O–H groups in total. The summed E-state index contributed by atoms with van der Waals surface area (Å²) in [5.74, 6) is 0. The molecule has 0 unspecified atom stereocenters. The van der Waals surface area contributed by atoms with Crippen LogP contribution in [-0.4, -0.2) is 15.0 Å². The van der Waals surface area contributed by atoms with E-state index < -0.39 is 0 Å². The lowest BCUT2D eigenvalue weighted by Crippen LogP contribution is -1.98. The molecule has 3 heteroatoms. The molecule has 2 aromatic heterocycles. The summed E-state index contributed by atoms with van der Waals surface area (Å²) in [6.45, 7) is 4.18. The van der Waals surface area contributed by atoms with Crippen molar-refractivity contribution >= 4 is 11.0 Å². The first kappa shape index (κ1) is 18.2. The monoisotopic (exact) mass is 387 g/mol. The molecule has 0 aliphatic heterocycles. The van der Waals surface area contributed by atoms with E-state index in [1.54, 1.807) is 0 Å². The molecule has 0 bridgehead atoms. The number of nitrogens with zero attached hydrogens (tertiary/aromatic N) is 3. The van der Waals surface area contributed by atoms with E-state index in [1.807, 2.05) is 42.7 Å². The van der Waals surface area contributed by atoms with Gasteiger partial charge in [0.25, 0.3) is 0 Å². The molecule has 5 rings (SSSR count). The van der Waals surface area contributed by atoms with Gasteiger partial charge >= 0.3 is 0 Å². The zero-order valence-electron chi connectivity index (χ0n) is 17.0. The minimum absolute atomic E-state index is 0.906. The van der Waals surface area contributed by atoms with Gasteiger partial charge < -0.3 is 0 Å². The van der Waals surface area contributed by atoms with Gasteiger partial charge in [-0.1, -0.05) is 66.7 Å². The zero-order valence-corrected chi connectivity index (χ0v) is 17.0. The number of rotatable bonds is 3. The molecule has 5 aromatic rings. The SMILES string of the molecule is Cc1ccc(C)c2nc(-c3ccc(-c4ccncc4)cc3)c(-c3ccccc3)nc12. The highest BCUT2D eigenvalue weighted by Gasteiger charge is 2.15. The van der Waals surface area contributed by atoms with E-state index in [2.05, 4.69) is 67.4 Å². The van der Waals surface area contributed by atoms with Gasteiger partial charge in [0.1, 0.15) is 0 Å². The maximum absolute atomic E-state index is 5.11. The first-order valence-corrected chi connectivity index (χ1v) is 10.0. The van der Waals surface area contributed by atoms with Crippen molar-refractivity contribution in [3.05, 3.63) is 102 Å². The van der Waals surface area contributed by atoms with Crippen molar-refractivity contribution in [1.29, 1.82) is 0 Å². The molecule has 0 atom stereocenters. The Hall–Kier alpha value is -3.85. The number of fused-ring (bicyclic) bond motifs is 1. The summed E-state index contributed by atoms with van der Waals surface area (Å²) in [7, 11) is 0. The third-order valence-corrected chi connectivity index (χ3v) is 5.45. The predicted molar refractivity (Wildman–Crippen MR) is 123 cm³/mol. The molecule has 0 amide bonds. The van der Waals surface area contributed by atoms with Crippen LogP contribution in [0, 0.1) is 13.8 Å². The minimum Gasteiger partial charge on any atom is -0.265 e.